The van der Waals surface area contributed by atoms with E-state index >= 15 is 0 Å². The number of allylic oxidation sites excluding steroid dienone is 1. The molecule has 0 aromatic rings. The molecule has 3 nitrogen and oxygen atoms in total. The zero-order valence-electron chi connectivity index (χ0n) is 16.2. The lowest BCUT2D eigenvalue weighted by atomic mass is 9.53. The molecule has 1 N–H and O–H groups in total. The highest BCUT2D eigenvalue weighted by Crippen LogP contribution is 2.62. The second-order valence-electron chi connectivity index (χ2n) is 9.25. The van der Waals surface area contributed by atoms with Crippen LogP contribution >= 0.6 is 22.6 Å². The molecule has 148 valence electrons. The summed E-state index contributed by atoms with van der Waals surface area (Å²) >= 11 is 1.85. The van der Waals surface area contributed by atoms with Crippen LogP contribution in [-0.4, -0.2) is 23.8 Å². The fraction of sp³-hybridized carbons (Fsp3) is 0.857. The molecule has 3 saturated carbocycles. The smallest absolute Gasteiger partial charge is 0.302 e. The molecule has 0 bridgehead atoms. The molecule has 5 heteroatoms. The summed E-state index contributed by atoms with van der Waals surface area (Å²) in [5, 5.41) is 10.1. The minimum atomic E-state index is -0.227. The monoisotopic (exact) mass is 478 g/mol. The summed E-state index contributed by atoms with van der Waals surface area (Å²) in [5.74, 6) is 1.06. The van der Waals surface area contributed by atoms with Gasteiger partial charge in [-0.05, 0) is 108 Å². The van der Waals surface area contributed by atoms with Crippen molar-refractivity contribution in [2.24, 2.45) is 28.6 Å². The second-order valence-corrected chi connectivity index (χ2v) is 10.2. The molecule has 0 radical (unpaired) electrons. The van der Waals surface area contributed by atoms with Gasteiger partial charge in [0.2, 0.25) is 0 Å². The van der Waals surface area contributed by atoms with Crippen molar-refractivity contribution in [3.8, 4) is 0 Å². The Labute approximate surface area is 170 Å². The summed E-state index contributed by atoms with van der Waals surface area (Å²) < 4.78 is 19.4. The Morgan fingerprint density at radius 1 is 1.23 bits per heavy atom. The molecular weight excluding hydrogens is 446 g/mol. The number of aliphatic hydroxyl groups excluding tert-OH is 1. The van der Waals surface area contributed by atoms with Crippen LogP contribution in [0, 0.1) is 28.6 Å². The van der Waals surface area contributed by atoms with E-state index < -0.39 is 0 Å². The molecule has 2 unspecified atom stereocenters. The van der Waals surface area contributed by atoms with E-state index in [1.54, 1.807) is 0 Å². The molecule has 0 heterocycles. The lowest BCUT2D eigenvalue weighted by Gasteiger charge is -2.53. The van der Waals surface area contributed by atoms with E-state index in [4.69, 9.17) is 4.74 Å². The lowest BCUT2D eigenvalue weighted by molar-refractivity contribution is -0.153. The van der Waals surface area contributed by atoms with E-state index in [-0.39, 0.29) is 39.3 Å². The molecule has 26 heavy (non-hydrogen) atoms. The minimum absolute atomic E-state index is 0.00684. The number of aliphatic hydroxyl groups is 1. The first-order valence-electron chi connectivity index (χ1n) is 10.0. The second kappa shape index (κ2) is 7.69. The van der Waals surface area contributed by atoms with Crippen LogP contribution in [0.5, 0.6) is 0 Å². The largest absolute Gasteiger partial charge is 0.463 e. The highest BCUT2D eigenvalue weighted by atomic mass is 127. The first-order chi connectivity index (χ1) is 12.2. The van der Waals surface area contributed by atoms with Crippen molar-refractivity contribution in [1.29, 1.82) is 0 Å². The van der Waals surface area contributed by atoms with E-state index in [0.717, 1.165) is 56.9 Å². The molecule has 0 saturated heterocycles. The zero-order chi connectivity index (χ0) is 19.1. The van der Waals surface area contributed by atoms with Gasteiger partial charge in [-0.3, -0.25) is 4.79 Å². The molecule has 3 aliphatic carbocycles. The summed E-state index contributed by atoms with van der Waals surface area (Å²) in [6, 6.07) is 0. The number of rotatable bonds is 3. The van der Waals surface area contributed by atoms with Gasteiger partial charge in [0.15, 0.2) is 3.83 Å². The van der Waals surface area contributed by atoms with Crippen LogP contribution in [0.2, 0.25) is 0 Å². The van der Waals surface area contributed by atoms with Crippen LogP contribution in [0.1, 0.15) is 72.1 Å². The van der Waals surface area contributed by atoms with Gasteiger partial charge in [0.05, 0.1) is 0 Å². The van der Waals surface area contributed by atoms with Gasteiger partial charge in [-0.1, -0.05) is 13.8 Å². The average Bonchev–Trinajstić information content (AvgIpc) is 2.92. The van der Waals surface area contributed by atoms with Gasteiger partial charge < -0.3 is 9.84 Å². The van der Waals surface area contributed by atoms with Crippen LogP contribution in [-0.2, 0) is 9.53 Å². The quantitative estimate of drug-likeness (QED) is 0.428. The third-order valence-corrected chi connectivity index (χ3v) is 8.76. The van der Waals surface area contributed by atoms with Crippen molar-refractivity contribution in [2.75, 3.05) is 6.61 Å². The summed E-state index contributed by atoms with van der Waals surface area (Å²) in [5.41, 5.74) is 1.16. The number of hydrogen-bond donors (Lipinski definition) is 1. The lowest BCUT2D eigenvalue weighted by Crippen LogP contribution is -2.47. The molecule has 0 aromatic heterocycles. The number of carbonyl (C=O) groups is 1. The maximum absolute atomic E-state index is 14.0. The van der Waals surface area contributed by atoms with E-state index in [0.29, 0.717) is 11.8 Å². The summed E-state index contributed by atoms with van der Waals surface area (Å²) in [7, 11) is 0. The predicted molar refractivity (Wildman–Crippen MR) is 108 cm³/mol. The van der Waals surface area contributed by atoms with Gasteiger partial charge in [-0.15, -0.1) is 0 Å². The highest BCUT2D eigenvalue weighted by molar-refractivity contribution is 14.1. The average molecular weight is 478 g/mol. The van der Waals surface area contributed by atoms with Gasteiger partial charge >= 0.3 is 5.97 Å². The molecule has 0 aromatic carbocycles. The Hall–Kier alpha value is -0.170. The van der Waals surface area contributed by atoms with Crippen molar-refractivity contribution in [2.45, 2.75) is 78.2 Å². The predicted octanol–water partition coefficient (Wildman–Crippen LogP) is 5.55. The van der Waals surface area contributed by atoms with Gasteiger partial charge in [0.25, 0.3) is 0 Å². The van der Waals surface area contributed by atoms with Crippen LogP contribution in [0.4, 0.5) is 4.39 Å². The maximum Gasteiger partial charge on any atom is 0.302 e. The van der Waals surface area contributed by atoms with Crippen molar-refractivity contribution >= 4 is 28.6 Å². The van der Waals surface area contributed by atoms with Crippen LogP contribution < -0.4 is 0 Å². The Kier molecular flexibility index (Phi) is 6.08. The SMILES string of the molecule is CC(=O)O[C@H]1CC[C@](C)(C2CC[C@]3(C)/C(=C(\F)I)CCC3C2)[C@@H](CO)C1. The number of fused-ring (bicyclic) bond motifs is 1. The molecule has 0 aliphatic heterocycles. The van der Waals surface area contributed by atoms with Crippen molar-refractivity contribution in [3.05, 3.63) is 9.41 Å². The Morgan fingerprint density at radius 2 is 1.96 bits per heavy atom. The first-order valence-corrected chi connectivity index (χ1v) is 11.1. The molecule has 3 aliphatic rings. The number of carbonyl (C=O) groups excluding carboxylic acids is 1. The highest BCUT2D eigenvalue weighted by Gasteiger charge is 2.53. The van der Waals surface area contributed by atoms with Crippen LogP contribution in [0.15, 0.2) is 9.41 Å². The van der Waals surface area contributed by atoms with Crippen LogP contribution in [0.3, 0.4) is 0 Å². The van der Waals surface area contributed by atoms with E-state index in [1.165, 1.54) is 6.92 Å². The first kappa shape index (κ1) is 20.6. The molecule has 0 spiro atoms. The van der Waals surface area contributed by atoms with Crippen molar-refractivity contribution < 1.29 is 19.0 Å². The third-order valence-electron chi connectivity index (χ3n) is 8.11. The maximum atomic E-state index is 14.0. The number of halogens is 2. The number of esters is 1. The van der Waals surface area contributed by atoms with E-state index in [2.05, 4.69) is 13.8 Å². The number of ether oxygens (including phenoxy) is 1. The van der Waals surface area contributed by atoms with Gasteiger partial charge in [-0.2, -0.15) is 4.39 Å². The molecular formula is C21H32FIO3. The normalized spacial score (nSPS) is 45.2. The number of hydrogen-bond acceptors (Lipinski definition) is 3. The molecule has 3 fully saturated rings. The van der Waals surface area contributed by atoms with Crippen molar-refractivity contribution in [3.63, 3.8) is 0 Å². The summed E-state index contributed by atoms with van der Waals surface area (Å²) in [4.78, 5) is 11.3. The Balaban J connectivity index is 1.74. The van der Waals surface area contributed by atoms with Gasteiger partial charge in [0.1, 0.15) is 6.10 Å². The Bertz CT molecular complexity index is 588. The van der Waals surface area contributed by atoms with Crippen molar-refractivity contribution in [1.82, 2.24) is 0 Å². The third kappa shape index (κ3) is 3.59. The standard InChI is InChI=1S/C21H32FIO3/c1-13(25)26-17-7-9-20(2,16(11-17)12-24)15-6-8-21(3)14(10-15)4-5-18(21)19(22)23/h14-17,24H,4-12H2,1-3H3/b19-18+/t14?,15?,16-,17+,20-,21+/m1/s1. The zero-order valence-corrected chi connectivity index (χ0v) is 18.4. The van der Waals surface area contributed by atoms with Gasteiger partial charge in [0, 0.05) is 13.5 Å². The molecule has 6 atom stereocenters. The van der Waals surface area contributed by atoms with Gasteiger partial charge in [-0.25, -0.2) is 0 Å². The summed E-state index contributed by atoms with van der Waals surface area (Å²) in [6.45, 7) is 6.20. The van der Waals surface area contributed by atoms with E-state index in [1.807, 2.05) is 22.6 Å². The molecule has 0 amide bonds. The Morgan fingerprint density at radius 3 is 2.58 bits per heavy atom. The topological polar surface area (TPSA) is 46.5 Å². The van der Waals surface area contributed by atoms with Crippen LogP contribution in [0.25, 0.3) is 0 Å². The fourth-order valence-electron chi connectivity index (χ4n) is 6.29. The molecule has 3 rings (SSSR count). The minimum Gasteiger partial charge on any atom is -0.463 e. The summed E-state index contributed by atoms with van der Waals surface area (Å²) in [6.07, 6.45) is 7.87. The van der Waals surface area contributed by atoms with E-state index in [9.17, 15) is 14.3 Å². The fourth-order valence-corrected chi connectivity index (χ4v) is 7.18.